The Bertz CT molecular complexity index is 571. The largest absolute Gasteiger partial charge is 0.480 e. The molecule has 0 aliphatic carbocycles. The van der Waals surface area contributed by atoms with Crippen LogP contribution in [-0.4, -0.2) is 59.4 Å². The first kappa shape index (κ1) is 28.8. The van der Waals surface area contributed by atoms with Crippen molar-refractivity contribution < 1.29 is 42.2 Å². The highest BCUT2D eigenvalue weighted by atomic mass is 32.2. The predicted molar refractivity (Wildman–Crippen MR) is 112 cm³/mol. The number of aliphatic carboxylic acids is 2. The summed E-state index contributed by atoms with van der Waals surface area (Å²) in [6.45, 7) is 3.75. The topological polar surface area (TPSA) is 147 Å². The Morgan fingerprint density at radius 1 is 0.767 bits per heavy atom. The molecule has 0 aliphatic heterocycles. The second kappa shape index (κ2) is 15.6. The highest BCUT2D eigenvalue weighted by molar-refractivity contribution is 7.87. The van der Waals surface area contributed by atoms with E-state index in [2.05, 4.69) is 13.8 Å². The Morgan fingerprint density at radius 3 is 1.43 bits per heavy atom. The maximum absolute atomic E-state index is 11.9. The summed E-state index contributed by atoms with van der Waals surface area (Å²) < 4.78 is 43.3. The third-order valence-corrected chi connectivity index (χ3v) is 5.90. The van der Waals surface area contributed by atoms with Gasteiger partial charge in [-0.2, -0.15) is 8.42 Å². The molecule has 30 heavy (non-hydrogen) atoms. The normalized spacial score (nSPS) is 13.3. The van der Waals surface area contributed by atoms with Crippen LogP contribution in [-0.2, 0) is 29.2 Å². The van der Waals surface area contributed by atoms with Gasteiger partial charge in [-0.25, -0.2) is 4.79 Å². The van der Waals surface area contributed by atoms with Gasteiger partial charge in [-0.05, 0) is 12.8 Å². The lowest BCUT2D eigenvalue weighted by Gasteiger charge is -2.32. The zero-order chi connectivity index (χ0) is 23.0. The molecule has 10 heteroatoms. The van der Waals surface area contributed by atoms with Gasteiger partial charge in [0, 0.05) is 0 Å². The van der Waals surface area contributed by atoms with Crippen LogP contribution < -0.4 is 0 Å². The Labute approximate surface area is 179 Å². The lowest BCUT2D eigenvalue weighted by molar-refractivity contribution is -0.247. The zero-order valence-electron chi connectivity index (χ0n) is 18.2. The number of carboxylic acids is 2. The minimum Gasteiger partial charge on any atom is -0.480 e. The summed E-state index contributed by atoms with van der Waals surface area (Å²) in [7, 11) is -5.31. The van der Waals surface area contributed by atoms with Crippen molar-refractivity contribution in [2.45, 2.75) is 102 Å². The summed E-state index contributed by atoms with van der Waals surface area (Å²) in [5, 5.41) is 16.2. The van der Waals surface area contributed by atoms with Gasteiger partial charge in [0.1, 0.15) is 0 Å². The fourth-order valence-corrected chi connectivity index (χ4v) is 4.01. The number of ether oxygens (including phenoxy) is 2. The quantitative estimate of drug-likeness (QED) is 0.142. The van der Waals surface area contributed by atoms with Gasteiger partial charge in [0.15, 0.2) is 0 Å². The number of hydrogen-bond donors (Lipinski definition) is 3. The van der Waals surface area contributed by atoms with E-state index >= 15 is 0 Å². The molecule has 0 spiro atoms. The molecule has 0 aromatic rings. The van der Waals surface area contributed by atoms with Gasteiger partial charge >= 0.3 is 11.9 Å². The molecule has 0 aromatic carbocycles. The summed E-state index contributed by atoms with van der Waals surface area (Å²) in [4.78, 5) is 23.5. The molecule has 0 amide bonds. The van der Waals surface area contributed by atoms with Crippen LogP contribution in [0.3, 0.4) is 0 Å². The molecule has 178 valence electrons. The minimum atomic E-state index is -5.31. The fraction of sp³-hybridized carbons (Fsp3) is 0.900. The van der Waals surface area contributed by atoms with Crippen molar-refractivity contribution in [2.75, 3.05) is 13.2 Å². The molecule has 3 N–H and O–H groups in total. The molecule has 0 aliphatic rings. The molecule has 1 atom stereocenters. The standard InChI is InChI=1S/C20H38O9S/c1-3-5-7-9-11-13-15-28-20(19(23)24,17(18(21)22)30(25,26)27)29-16-14-12-10-8-6-4-2/h17H,3-16H2,1-2H3,(H,21,22)(H,23,24)(H,25,26,27). The maximum Gasteiger partial charge on any atom is 0.366 e. The second-order valence-electron chi connectivity index (χ2n) is 7.44. The number of carbonyl (C=O) groups is 2. The van der Waals surface area contributed by atoms with E-state index in [4.69, 9.17) is 9.47 Å². The Hall–Kier alpha value is -1.23. The Balaban J connectivity index is 5.17. The molecule has 0 bridgehead atoms. The van der Waals surface area contributed by atoms with Crippen LogP contribution in [0.25, 0.3) is 0 Å². The number of rotatable bonds is 20. The van der Waals surface area contributed by atoms with Crippen molar-refractivity contribution in [3.8, 4) is 0 Å². The molecule has 0 fully saturated rings. The number of hydrogen-bond acceptors (Lipinski definition) is 6. The first-order chi connectivity index (χ1) is 14.1. The van der Waals surface area contributed by atoms with Gasteiger partial charge in [-0.1, -0.05) is 78.1 Å². The second-order valence-corrected chi connectivity index (χ2v) is 8.94. The van der Waals surface area contributed by atoms with Crippen molar-refractivity contribution in [3.63, 3.8) is 0 Å². The zero-order valence-corrected chi connectivity index (χ0v) is 19.0. The first-order valence-corrected chi connectivity index (χ1v) is 12.3. The number of unbranched alkanes of at least 4 members (excludes halogenated alkanes) is 10. The van der Waals surface area contributed by atoms with E-state index in [9.17, 15) is 32.8 Å². The van der Waals surface area contributed by atoms with Crippen LogP contribution in [0.1, 0.15) is 90.9 Å². The van der Waals surface area contributed by atoms with E-state index in [0.29, 0.717) is 12.8 Å². The van der Waals surface area contributed by atoms with Crippen molar-refractivity contribution in [3.05, 3.63) is 0 Å². The lowest BCUT2D eigenvalue weighted by atomic mass is 10.1. The molecule has 0 aromatic heterocycles. The molecular weight excluding hydrogens is 416 g/mol. The van der Waals surface area contributed by atoms with Crippen LogP contribution in [0.15, 0.2) is 0 Å². The molecule has 1 unspecified atom stereocenters. The van der Waals surface area contributed by atoms with Crippen LogP contribution in [0.2, 0.25) is 0 Å². The molecule has 0 saturated carbocycles. The highest BCUT2D eigenvalue weighted by Crippen LogP contribution is 2.27. The highest BCUT2D eigenvalue weighted by Gasteiger charge is 2.59. The van der Waals surface area contributed by atoms with Crippen molar-refractivity contribution in [1.82, 2.24) is 0 Å². The van der Waals surface area contributed by atoms with Crippen LogP contribution in [0, 0.1) is 0 Å². The molecule has 9 nitrogen and oxygen atoms in total. The molecule has 0 rings (SSSR count). The van der Waals surface area contributed by atoms with Crippen LogP contribution in [0.4, 0.5) is 0 Å². The van der Waals surface area contributed by atoms with Gasteiger partial charge in [0.25, 0.3) is 15.9 Å². The maximum atomic E-state index is 11.9. The van der Waals surface area contributed by atoms with Gasteiger partial charge < -0.3 is 19.7 Å². The lowest BCUT2D eigenvalue weighted by Crippen LogP contribution is -2.60. The smallest absolute Gasteiger partial charge is 0.366 e. The average molecular weight is 455 g/mol. The van der Waals surface area contributed by atoms with Gasteiger partial charge in [-0.15, -0.1) is 0 Å². The van der Waals surface area contributed by atoms with E-state index in [1.807, 2.05) is 0 Å². The number of carboxylic acid groups (broad SMARTS) is 2. The molecule has 0 radical (unpaired) electrons. The Kier molecular flexibility index (Phi) is 14.9. The average Bonchev–Trinajstić information content (AvgIpc) is 2.64. The third kappa shape index (κ3) is 10.7. The van der Waals surface area contributed by atoms with E-state index in [-0.39, 0.29) is 13.2 Å². The summed E-state index contributed by atoms with van der Waals surface area (Å²) >= 11 is 0. The summed E-state index contributed by atoms with van der Waals surface area (Å²) in [6, 6.07) is 0. The van der Waals surface area contributed by atoms with E-state index in [0.717, 1.165) is 64.2 Å². The van der Waals surface area contributed by atoms with Gasteiger partial charge in [0.2, 0.25) is 5.25 Å². The van der Waals surface area contributed by atoms with Crippen LogP contribution >= 0.6 is 0 Å². The molecule has 0 heterocycles. The summed E-state index contributed by atoms with van der Waals surface area (Å²) in [6.07, 6.45) is 10.4. The third-order valence-electron chi connectivity index (χ3n) is 4.79. The van der Waals surface area contributed by atoms with Gasteiger partial charge in [0.05, 0.1) is 13.2 Å². The van der Waals surface area contributed by atoms with Crippen LogP contribution in [0.5, 0.6) is 0 Å². The predicted octanol–water partition coefficient (Wildman–Crippen LogP) is 3.86. The fourth-order valence-electron chi connectivity index (χ4n) is 3.13. The SMILES string of the molecule is CCCCCCCCOC(OCCCCCCCC)(C(=O)O)C(C(=O)O)S(=O)(=O)O. The van der Waals surface area contributed by atoms with E-state index in [1.54, 1.807) is 0 Å². The van der Waals surface area contributed by atoms with Crippen molar-refractivity contribution >= 4 is 22.1 Å². The van der Waals surface area contributed by atoms with E-state index < -0.39 is 33.1 Å². The van der Waals surface area contributed by atoms with E-state index in [1.165, 1.54) is 0 Å². The summed E-state index contributed by atoms with van der Waals surface area (Å²) in [5.74, 6) is -6.96. The minimum absolute atomic E-state index is 0.200. The first-order valence-electron chi connectivity index (χ1n) is 10.8. The monoisotopic (exact) mass is 454 g/mol. The molecular formula is C20H38O9S. The van der Waals surface area contributed by atoms with Crippen molar-refractivity contribution in [2.24, 2.45) is 0 Å². The Morgan fingerprint density at radius 2 is 1.13 bits per heavy atom. The van der Waals surface area contributed by atoms with Gasteiger partial charge in [-0.3, -0.25) is 9.35 Å². The molecule has 0 saturated heterocycles. The summed E-state index contributed by atoms with van der Waals surface area (Å²) in [5.41, 5.74) is 0. The van der Waals surface area contributed by atoms with Crippen molar-refractivity contribution in [1.29, 1.82) is 0 Å².